The van der Waals surface area contributed by atoms with Crippen molar-refractivity contribution < 1.29 is 0 Å². The van der Waals surface area contributed by atoms with E-state index in [2.05, 4.69) is 20.2 Å². The lowest BCUT2D eigenvalue weighted by atomic mass is 9.95. The zero-order valence-corrected chi connectivity index (χ0v) is 10.5. The zero-order chi connectivity index (χ0) is 12.8. The molecule has 3 aromatic rings. The lowest BCUT2D eigenvalue weighted by Crippen LogP contribution is -2.11. The van der Waals surface area contributed by atoms with Gasteiger partial charge < -0.3 is 0 Å². The summed E-state index contributed by atoms with van der Waals surface area (Å²) in [4.78, 5) is 9.04. The quantitative estimate of drug-likeness (QED) is 0.652. The van der Waals surface area contributed by atoms with E-state index >= 15 is 0 Å². The van der Waals surface area contributed by atoms with Crippen molar-refractivity contribution in [3.8, 4) is 17.3 Å². The normalized spacial score (nSPS) is 13.1. The van der Waals surface area contributed by atoms with E-state index in [4.69, 9.17) is 0 Å². The van der Waals surface area contributed by atoms with Crippen LogP contribution in [0.4, 0.5) is 0 Å². The first-order chi connectivity index (χ1) is 9.33. The fourth-order valence-electron chi connectivity index (χ4n) is 2.52. The summed E-state index contributed by atoms with van der Waals surface area (Å²) in [7, 11) is 1.95. The summed E-state index contributed by atoms with van der Waals surface area (Å²) >= 11 is 0. The Morgan fingerprint density at radius 3 is 2.84 bits per heavy atom. The highest BCUT2D eigenvalue weighted by atomic mass is 15.3. The second kappa shape index (κ2) is 3.74. The molecule has 0 aliphatic heterocycles. The molecule has 0 fully saturated rings. The number of hydrogen-bond acceptors (Lipinski definition) is 4. The molecule has 0 amide bonds. The summed E-state index contributed by atoms with van der Waals surface area (Å²) in [6, 6.07) is 1.86. The molecular weight excluding hydrogens is 240 g/mol. The SMILES string of the molecule is Cn1ncc2c1-c1nc(-n3cccn3)ncc1CC2. The Balaban J connectivity index is 1.94. The van der Waals surface area contributed by atoms with E-state index in [0.29, 0.717) is 5.95 Å². The Labute approximate surface area is 109 Å². The highest BCUT2D eigenvalue weighted by molar-refractivity contribution is 5.65. The maximum atomic E-state index is 4.66. The first-order valence-corrected chi connectivity index (χ1v) is 6.20. The van der Waals surface area contributed by atoms with Gasteiger partial charge in [0.2, 0.25) is 0 Å². The van der Waals surface area contributed by atoms with Gasteiger partial charge in [-0.05, 0) is 30.0 Å². The van der Waals surface area contributed by atoms with Crippen molar-refractivity contribution >= 4 is 0 Å². The highest BCUT2D eigenvalue weighted by Gasteiger charge is 2.22. The van der Waals surface area contributed by atoms with Crippen molar-refractivity contribution in [1.82, 2.24) is 29.5 Å². The molecule has 0 N–H and O–H groups in total. The van der Waals surface area contributed by atoms with Gasteiger partial charge in [0.05, 0.1) is 17.6 Å². The van der Waals surface area contributed by atoms with E-state index in [1.165, 1.54) is 11.1 Å². The van der Waals surface area contributed by atoms with Crippen LogP contribution < -0.4 is 0 Å². The Morgan fingerprint density at radius 2 is 2.00 bits per heavy atom. The standard InChI is InChI=1S/C13H12N6/c1-18-12-10(8-16-18)4-3-9-7-14-13(17-11(9)12)19-6-2-5-15-19/h2,5-8H,3-4H2,1H3. The summed E-state index contributed by atoms with van der Waals surface area (Å²) in [5.74, 6) is 0.595. The number of hydrogen-bond donors (Lipinski definition) is 0. The summed E-state index contributed by atoms with van der Waals surface area (Å²) in [5.41, 5.74) is 4.49. The molecule has 94 valence electrons. The summed E-state index contributed by atoms with van der Waals surface area (Å²) in [6.07, 6.45) is 9.35. The Hall–Kier alpha value is -2.50. The average molecular weight is 252 g/mol. The van der Waals surface area contributed by atoms with Gasteiger partial charge in [-0.1, -0.05) is 0 Å². The number of aryl methyl sites for hydroxylation is 3. The Morgan fingerprint density at radius 1 is 1.11 bits per heavy atom. The predicted molar refractivity (Wildman–Crippen MR) is 68.8 cm³/mol. The molecule has 0 unspecified atom stereocenters. The second-order valence-electron chi connectivity index (χ2n) is 4.64. The molecule has 0 saturated heterocycles. The van der Waals surface area contributed by atoms with Crippen LogP contribution in [0, 0.1) is 0 Å². The van der Waals surface area contributed by atoms with Gasteiger partial charge in [0.25, 0.3) is 5.95 Å². The molecule has 1 aliphatic carbocycles. The molecule has 4 rings (SSSR count). The molecule has 0 radical (unpaired) electrons. The fourth-order valence-corrected chi connectivity index (χ4v) is 2.52. The minimum Gasteiger partial charge on any atom is -0.266 e. The Kier molecular flexibility index (Phi) is 2.05. The highest BCUT2D eigenvalue weighted by Crippen LogP contribution is 2.31. The molecule has 0 bridgehead atoms. The van der Waals surface area contributed by atoms with Crippen molar-refractivity contribution in [2.75, 3.05) is 0 Å². The molecule has 0 aromatic carbocycles. The first kappa shape index (κ1) is 10.4. The summed E-state index contributed by atoms with van der Waals surface area (Å²) in [5, 5.41) is 8.49. The first-order valence-electron chi connectivity index (χ1n) is 6.20. The van der Waals surface area contributed by atoms with Crippen LogP contribution in [0.3, 0.4) is 0 Å². The van der Waals surface area contributed by atoms with Crippen LogP contribution in [0.25, 0.3) is 17.3 Å². The fraction of sp³-hybridized carbons (Fsp3) is 0.231. The van der Waals surface area contributed by atoms with Crippen LogP contribution in [-0.4, -0.2) is 29.5 Å². The third kappa shape index (κ3) is 1.49. The van der Waals surface area contributed by atoms with Gasteiger partial charge in [0.15, 0.2) is 0 Å². The van der Waals surface area contributed by atoms with Crippen molar-refractivity contribution in [3.05, 3.63) is 42.0 Å². The van der Waals surface area contributed by atoms with Crippen LogP contribution in [0.15, 0.2) is 30.9 Å². The molecule has 6 heteroatoms. The molecule has 0 spiro atoms. The second-order valence-corrected chi connectivity index (χ2v) is 4.64. The summed E-state index contributed by atoms with van der Waals surface area (Å²) < 4.78 is 3.55. The van der Waals surface area contributed by atoms with Gasteiger partial charge in [0, 0.05) is 25.6 Å². The van der Waals surface area contributed by atoms with Crippen LogP contribution in [-0.2, 0) is 19.9 Å². The number of rotatable bonds is 1. The lowest BCUT2D eigenvalue weighted by Gasteiger charge is -2.16. The molecule has 3 heterocycles. The van der Waals surface area contributed by atoms with Crippen LogP contribution in [0.1, 0.15) is 11.1 Å². The van der Waals surface area contributed by atoms with E-state index in [1.807, 2.05) is 36.4 Å². The number of fused-ring (bicyclic) bond motifs is 3. The molecule has 0 saturated carbocycles. The topological polar surface area (TPSA) is 61.4 Å². The molecule has 1 aliphatic rings. The van der Waals surface area contributed by atoms with Crippen LogP contribution in [0.5, 0.6) is 0 Å². The van der Waals surface area contributed by atoms with E-state index in [0.717, 1.165) is 24.2 Å². The van der Waals surface area contributed by atoms with Gasteiger partial charge in [-0.3, -0.25) is 4.68 Å². The van der Waals surface area contributed by atoms with Gasteiger partial charge in [-0.15, -0.1) is 0 Å². The maximum absolute atomic E-state index is 4.66. The Bertz CT molecular complexity index is 741. The number of aromatic nitrogens is 6. The van der Waals surface area contributed by atoms with Crippen molar-refractivity contribution in [2.45, 2.75) is 12.8 Å². The van der Waals surface area contributed by atoms with E-state index < -0.39 is 0 Å². The molecular formula is C13H12N6. The lowest BCUT2D eigenvalue weighted by molar-refractivity contribution is 0.756. The van der Waals surface area contributed by atoms with Gasteiger partial charge in [0.1, 0.15) is 0 Å². The molecule has 6 nitrogen and oxygen atoms in total. The average Bonchev–Trinajstić information content (AvgIpc) is 3.08. The van der Waals surface area contributed by atoms with E-state index in [-0.39, 0.29) is 0 Å². The monoisotopic (exact) mass is 252 g/mol. The van der Waals surface area contributed by atoms with E-state index in [9.17, 15) is 0 Å². The zero-order valence-electron chi connectivity index (χ0n) is 10.5. The van der Waals surface area contributed by atoms with Crippen molar-refractivity contribution in [3.63, 3.8) is 0 Å². The van der Waals surface area contributed by atoms with Gasteiger partial charge in [-0.2, -0.15) is 10.2 Å². The molecule has 0 atom stereocenters. The minimum atomic E-state index is 0.595. The largest absolute Gasteiger partial charge is 0.266 e. The molecule has 19 heavy (non-hydrogen) atoms. The third-order valence-corrected chi connectivity index (χ3v) is 3.46. The third-order valence-electron chi connectivity index (χ3n) is 3.46. The van der Waals surface area contributed by atoms with Crippen LogP contribution >= 0.6 is 0 Å². The smallest absolute Gasteiger partial charge is 0.251 e. The van der Waals surface area contributed by atoms with Gasteiger partial charge in [-0.25, -0.2) is 14.6 Å². The minimum absolute atomic E-state index is 0.595. The summed E-state index contributed by atoms with van der Waals surface area (Å²) in [6.45, 7) is 0. The molecule has 3 aromatic heterocycles. The maximum Gasteiger partial charge on any atom is 0.251 e. The predicted octanol–water partition coefficient (Wildman–Crippen LogP) is 1.16. The van der Waals surface area contributed by atoms with E-state index in [1.54, 1.807) is 10.9 Å². The van der Waals surface area contributed by atoms with Crippen LogP contribution in [0.2, 0.25) is 0 Å². The van der Waals surface area contributed by atoms with Crippen molar-refractivity contribution in [2.24, 2.45) is 7.05 Å². The number of nitrogens with zero attached hydrogens (tertiary/aromatic N) is 6. The van der Waals surface area contributed by atoms with Crippen molar-refractivity contribution in [1.29, 1.82) is 0 Å². The van der Waals surface area contributed by atoms with Gasteiger partial charge >= 0.3 is 0 Å².